The molecule has 0 aromatic rings. The second-order valence-electron chi connectivity index (χ2n) is 4.69. The first-order valence-electron chi connectivity index (χ1n) is 5.08. The number of nitrogens with one attached hydrogen (secondary N) is 1. The van der Waals surface area contributed by atoms with Crippen LogP contribution in [0.25, 0.3) is 0 Å². The summed E-state index contributed by atoms with van der Waals surface area (Å²) in [5.41, 5.74) is 0.191. The van der Waals surface area contributed by atoms with Gasteiger partial charge < -0.3 is 10.4 Å². The second kappa shape index (κ2) is 2.98. The van der Waals surface area contributed by atoms with Gasteiger partial charge in [-0.3, -0.25) is 4.79 Å². The maximum absolute atomic E-state index is 11.5. The van der Waals surface area contributed by atoms with E-state index >= 15 is 0 Å². The fraction of sp³-hybridized carbons (Fsp3) is 0.900. The highest BCUT2D eigenvalue weighted by atomic mass is 16.3. The number of aliphatic hydroxyl groups is 1. The third-order valence-electron chi connectivity index (χ3n) is 3.25. The van der Waals surface area contributed by atoms with Gasteiger partial charge in [0, 0.05) is 18.1 Å². The third kappa shape index (κ3) is 1.70. The van der Waals surface area contributed by atoms with Crippen LogP contribution in [0.4, 0.5) is 0 Å². The molecule has 1 aliphatic heterocycles. The quantitative estimate of drug-likeness (QED) is 0.675. The summed E-state index contributed by atoms with van der Waals surface area (Å²) in [6.07, 6.45) is 4.14. The molecule has 1 saturated heterocycles. The Morgan fingerprint density at radius 1 is 1.69 bits per heavy atom. The largest absolute Gasteiger partial charge is 0.396 e. The van der Waals surface area contributed by atoms with Crippen LogP contribution in [-0.4, -0.2) is 23.2 Å². The first-order valence-corrected chi connectivity index (χ1v) is 5.08. The molecular weight excluding hydrogens is 166 g/mol. The van der Waals surface area contributed by atoms with Gasteiger partial charge in [-0.15, -0.1) is 0 Å². The Kier molecular flexibility index (Phi) is 2.06. The number of hydrogen-bond donors (Lipinski definition) is 2. The van der Waals surface area contributed by atoms with Crippen LogP contribution in [0.2, 0.25) is 0 Å². The third-order valence-corrected chi connectivity index (χ3v) is 3.25. The molecule has 1 heterocycles. The highest BCUT2D eigenvalue weighted by Crippen LogP contribution is 2.46. The van der Waals surface area contributed by atoms with Crippen molar-refractivity contribution in [2.45, 2.75) is 38.1 Å². The van der Waals surface area contributed by atoms with Gasteiger partial charge in [-0.25, -0.2) is 0 Å². The van der Waals surface area contributed by atoms with E-state index in [4.69, 9.17) is 5.11 Å². The summed E-state index contributed by atoms with van der Waals surface area (Å²) in [4.78, 5) is 11.5. The lowest BCUT2D eigenvalue weighted by Gasteiger charge is -2.11. The lowest BCUT2D eigenvalue weighted by Crippen LogP contribution is -2.27. The van der Waals surface area contributed by atoms with Crippen molar-refractivity contribution in [2.24, 2.45) is 11.8 Å². The minimum atomic E-state index is 0.157. The van der Waals surface area contributed by atoms with Crippen LogP contribution < -0.4 is 5.32 Å². The molecule has 13 heavy (non-hydrogen) atoms. The van der Waals surface area contributed by atoms with E-state index in [1.54, 1.807) is 0 Å². The monoisotopic (exact) mass is 183 g/mol. The van der Waals surface area contributed by atoms with Crippen molar-refractivity contribution >= 4 is 5.91 Å². The lowest BCUT2D eigenvalue weighted by molar-refractivity contribution is -0.123. The Morgan fingerprint density at radius 2 is 2.38 bits per heavy atom. The number of amides is 1. The summed E-state index contributed by atoms with van der Waals surface area (Å²) in [5, 5.41) is 12.0. The van der Waals surface area contributed by atoms with E-state index in [-0.39, 0.29) is 29.9 Å². The van der Waals surface area contributed by atoms with Gasteiger partial charge in [0.1, 0.15) is 0 Å². The van der Waals surface area contributed by atoms with E-state index in [2.05, 4.69) is 5.32 Å². The number of hydrogen-bond acceptors (Lipinski definition) is 2. The zero-order valence-electron chi connectivity index (χ0n) is 8.05. The predicted octanol–water partition coefficient (Wildman–Crippen LogP) is 0.674. The zero-order valence-corrected chi connectivity index (χ0v) is 8.05. The van der Waals surface area contributed by atoms with E-state index in [1.807, 2.05) is 6.92 Å². The standard InChI is InChI=1S/C10H17NO2/c1-7(6-12)4-8-5-10(2-3-10)11-9(8)13/h7-8,12H,2-6H2,1H3,(H,11,13)/t7-,8-/m0/s1. The molecule has 2 rings (SSSR count). The maximum atomic E-state index is 11.5. The smallest absolute Gasteiger partial charge is 0.223 e. The Bertz CT molecular complexity index is 223. The normalized spacial score (nSPS) is 31.8. The topological polar surface area (TPSA) is 49.3 Å². The Morgan fingerprint density at radius 3 is 2.85 bits per heavy atom. The molecule has 0 aromatic carbocycles. The minimum Gasteiger partial charge on any atom is -0.396 e. The minimum absolute atomic E-state index is 0.157. The van der Waals surface area contributed by atoms with E-state index in [0.29, 0.717) is 0 Å². The average molecular weight is 183 g/mol. The molecule has 2 aliphatic rings. The van der Waals surface area contributed by atoms with Crippen LogP contribution in [0.1, 0.15) is 32.6 Å². The summed E-state index contributed by atoms with van der Waals surface area (Å²) in [6, 6.07) is 0. The molecule has 0 aromatic heterocycles. The van der Waals surface area contributed by atoms with Crippen LogP contribution in [0.3, 0.4) is 0 Å². The number of aliphatic hydroxyl groups excluding tert-OH is 1. The molecule has 0 unspecified atom stereocenters. The van der Waals surface area contributed by atoms with Crippen molar-refractivity contribution < 1.29 is 9.90 Å². The summed E-state index contributed by atoms with van der Waals surface area (Å²) in [6.45, 7) is 2.18. The molecule has 1 saturated carbocycles. The summed E-state index contributed by atoms with van der Waals surface area (Å²) in [7, 11) is 0. The molecular formula is C10H17NO2. The van der Waals surface area contributed by atoms with Crippen molar-refractivity contribution in [3.63, 3.8) is 0 Å². The predicted molar refractivity (Wildman–Crippen MR) is 49.1 cm³/mol. The maximum Gasteiger partial charge on any atom is 0.223 e. The van der Waals surface area contributed by atoms with Crippen molar-refractivity contribution in [3.8, 4) is 0 Å². The molecule has 0 bridgehead atoms. The SMILES string of the molecule is C[C@H](CO)C[C@H]1CC2(CC2)NC1=O. The summed E-state index contributed by atoms with van der Waals surface area (Å²) >= 11 is 0. The van der Waals surface area contributed by atoms with Crippen LogP contribution in [-0.2, 0) is 4.79 Å². The van der Waals surface area contributed by atoms with E-state index < -0.39 is 0 Å². The molecule has 2 N–H and O–H groups in total. The van der Waals surface area contributed by atoms with Gasteiger partial charge in [-0.05, 0) is 31.6 Å². The van der Waals surface area contributed by atoms with Crippen LogP contribution in [0.5, 0.6) is 0 Å². The number of carbonyl (C=O) groups is 1. The summed E-state index contributed by atoms with van der Waals surface area (Å²) in [5.74, 6) is 0.618. The highest BCUT2D eigenvalue weighted by Gasteiger charge is 2.52. The van der Waals surface area contributed by atoms with E-state index in [9.17, 15) is 4.79 Å². The van der Waals surface area contributed by atoms with Gasteiger partial charge in [0.25, 0.3) is 0 Å². The van der Waals surface area contributed by atoms with E-state index in [0.717, 1.165) is 25.7 Å². The molecule has 3 nitrogen and oxygen atoms in total. The van der Waals surface area contributed by atoms with Crippen molar-refractivity contribution in [1.29, 1.82) is 0 Å². The van der Waals surface area contributed by atoms with Crippen molar-refractivity contribution in [2.75, 3.05) is 6.61 Å². The Balaban J connectivity index is 1.90. The van der Waals surface area contributed by atoms with E-state index in [1.165, 1.54) is 0 Å². The first kappa shape index (κ1) is 9.00. The second-order valence-corrected chi connectivity index (χ2v) is 4.69. The highest BCUT2D eigenvalue weighted by molar-refractivity contribution is 5.82. The molecule has 1 amide bonds. The van der Waals surface area contributed by atoms with Gasteiger partial charge in [0.05, 0.1) is 0 Å². The van der Waals surface area contributed by atoms with Crippen LogP contribution in [0, 0.1) is 11.8 Å². The Hall–Kier alpha value is -0.570. The van der Waals surface area contributed by atoms with Gasteiger partial charge in [-0.1, -0.05) is 6.92 Å². The van der Waals surface area contributed by atoms with Gasteiger partial charge >= 0.3 is 0 Å². The molecule has 2 fully saturated rings. The summed E-state index contributed by atoms with van der Waals surface area (Å²) < 4.78 is 0. The molecule has 2 atom stereocenters. The van der Waals surface area contributed by atoms with Gasteiger partial charge in [-0.2, -0.15) is 0 Å². The Labute approximate surface area is 78.5 Å². The average Bonchev–Trinajstić information content (AvgIpc) is 2.75. The van der Waals surface area contributed by atoms with Gasteiger partial charge in [0.15, 0.2) is 0 Å². The molecule has 74 valence electrons. The molecule has 1 aliphatic carbocycles. The molecule has 3 heteroatoms. The molecule has 1 spiro atoms. The van der Waals surface area contributed by atoms with Crippen LogP contribution in [0.15, 0.2) is 0 Å². The number of rotatable bonds is 3. The zero-order chi connectivity index (χ0) is 9.47. The lowest BCUT2D eigenvalue weighted by atomic mass is 9.93. The fourth-order valence-corrected chi connectivity index (χ4v) is 2.21. The van der Waals surface area contributed by atoms with Crippen molar-refractivity contribution in [3.05, 3.63) is 0 Å². The van der Waals surface area contributed by atoms with Crippen LogP contribution >= 0.6 is 0 Å². The van der Waals surface area contributed by atoms with Crippen molar-refractivity contribution in [1.82, 2.24) is 5.32 Å². The first-order chi connectivity index (χ1) is 6.15. The fourth-order valence-electron chi connectivity index (χ4n) is 2.21. The van der Waals surface area contributed by atoms with Gasteiger partial charge in [0.2, 0.25) is 5.91 Å². The molecule has 0 radical (unpaired) electrons. The number of carbonyl (C=O) groups excluding carboxylic acids is 1.